The maximum Gasteiger partial charge on any atom is 0.0451 e. The lowest BCUT2D eigenvalue weighted by molar-refractivity contribution is 0.410. The predicted octanol–water partition coefficient (Wildman–Crippen LogP) is 6.24. The molecule has 2 aromatic carbocycles. The molecule has 0 aliphatic carbocycles. The molecule has 0 aliphatic rings. The monoisotopic (exact) mass is 385 g/mol. The number of rotatable bonds is 5. The molecular formula is C17H18BrCl2N. The van der Waals surface area contributed by atoms with Gasteiger partial charge in [-0.05, 0) is 47.4 Å². The minimum atomic E-state index is 0.261. The predicted molar refractivity (Wildman–Crippen MR) is 95.0 cm³/mol. The van der Waals surface area contributed by atoms with Gasteiger partial charge < -0.3 is 5.32 Å². The quantitative estimate of drug-likeness (QED) is 0.640. The zero-order valence-electron chi connectivity index (χ0n) is 12.0. The average Bonchev–Trinajstić information content (AvgIpc) is 2.44. The first-order valence-electron chi connectivity index (χ1n) is 6.90. The summed E-state index contributed by atoms with van der Waals surface area (Å²) in [6.07, 6.45) is 0. The third-order valence-electron chi connectivity index (χ3n) is 3.42. The van der Waals surface area contributed by atoms with Crippen LogP contribution in [0.3, 0.4) is 0 Å². The molecule has 0 radical (unpaired) electrons. The molecule has 0 aromatic heterocycles. The summed E-state index contributed by atoms with van der Waals surface area (Å²) >= 11 is 15.7. The molecule has 0 amide bonds. The molecule has 4 heteroatoms. The molecule has 1 atom stereocenters. The van der Waals surface area contributed by atoms with Crippen molar-refractivity contribution >= 4 is 39.1 Å². The minimum absolute atomic E-state index is 0.261. The van der Waals surface area contributed by atoms with Crippen LogP contribution in [0.15, 0.2) is 46.9 Å². The van der Waals surface area contributed by atoms with Gasteiger partial charge in [0.05, 0.1) is 0 Å². The summed E-state index contributed by atoms with van der Waals surface area (Å²) in [5.74, 6) is 0.470. The van der Waals surface area contributed by atoms with Gasteiger partial charge in [-0.1, -0.05) is 65.1 Å². The highest BCUT2D eigenvalue weighted by Gasteiger charge is 2.15. The smallest absolute Gasteiger partial charge is 0.0451 e. The van der Waals surface area contributed by atoms with Crippen LogP contribution in [-0.2, 0) is 6.54 Å². The van der Waals surface area contributed by atoms with Crippen molar-refractivity contribution in [3.63, 3.8) is 0 Å². The van der Waals surface area contributed by atoms with E-state index in [1.165, 1.54) is 5.56 Å². The van der Waals surface area contributed by atoms with E-state index >= 15 is 0 Å². The fourth-order valence-corrected chi connectivity index (χ4v) is 3.03. The lowest BCUT2D eigenvalue weighted by Gasteiger charge is -2.23. The van der Waals surface area contributed by atoms with E-state index < -0.39 is 0 Å². The Kier molecular flexibility index (Phi) is 6.12. The summed E-state index contributed by atoms with van der Waals surface area (Å²) in [5, 5.41) is 5.13. The molecule has 0 saturated heterocycles. The lowest BCUT2D eigenvalue weighted by atomic mass is 9.96. The molecule has 2 rings (SSSR count). The van der Waals surface area contributed by atoms with Crippen LogP contribution in [0.2, 0.25) is 10.0 Å². The fraction of sp³-hybridized carbons (Fsp3) is 0.294. The molecule has 1 nitrogen and oxygen atoms in total. The zero-order valence-corrected chi connectivity index (χ0v) is 15.1. The molecule has 1 unspecified atom stereocenters. The van der Waals surface area contributed by atoms with Crippen LogP contribution in [0.25, 0.3) is 0 Å². The number of hydrogen-bond donors (Lipinski definition) is 1. The Morgan fingerprint density at radius 2 is 1.71 bits per heavy atom. The van der Waals surface area contributed by atoms with Gasteiger partial charge in [0, 0.05) is 27.1 Å². The average molecular weight is 387 g/mol. The Hall–Kier alpha value is -0.540. The first kappa shape index (κ1) is 16.8. The SMILES string of the molecule is CC(C)C(NCc1cc(Br)ccc1Cl)c1ccc(Cl)cc1. The third-order valence-corrected chi connectivity index (χ3v) is 4.53. The maximum absolute atomic E-state index is 6.25. The van der Waals surface area contributed by atoms with E-state index in [2.05, 4.69) is 53.3 Å². The van der Waals surface area contributed by atoms with Gasteiger partial charge in [-0.3, -0.25) is 0 Å². The highest BCUT2D eigenvalue weighted by molar-refractivity contribution is 9.10. The minimum Gasteiger partial charge on any atom is -0.306 e. The summed E-state index contributed by atoms with van der Waals surface area (Å²) < 4.78 is 1.04. The number of nitrogens with one attached hydrogen (secondary N) is 1. The molecular weight excluding hydrogens is 369 g/mol. The molecule has 0 heterocycles. The Balaban J connectivity index is 2.13. The molecule has 0 saturated carbocycles. The van der Waals surface area contributed by atoms with Gasteiger partial charge in [-0.25, -0.2) is 0 Å². The van der Waals surface area contributed by atoms with E-state index in [9.17, 15) is 0 Å². The van der Waals surface area contributed by atoms with Crippen LogP contribution in [0.4, 0.5) is 0 Å². The summed E-state index contributed by atoms with van der Waals surface area (Å²) in [4.78, 5) is 0. The second-order valence-electron chi connectivity index (χ2n) is 5.39. The van der Waals surface area contributed by atoms with Crippen LogP contribution < -0.4 is 5.32 Å². The van der Waals surface area contributed by atoms with E-state index in [0.29, 0.717) is 5.92 Å². The molecule has 0 spiro atoms. The van der Waals surface area contributed by atoms with Gasteiger partial charge in [0.25, 0.3) is 0 Å². The lowest BCUT2D eigenvalue weighted by Crippen LogP contribution is -2.25. The van der Waals surface area contributed by atoms with Crippen molar-refractivity contribution < 1.29 is 0 Å². The molecule has 2 aromatic rings. The second kappa shape index (κ2) is 7.64. The largest absolute Gasteiger partial charge is 0.306 e. The van der Waals surface area contributed by atoms with E-state index in [4.69, 9.17) is 23.2 Å². The molecule has 21 heavy (non-hydrogen) atoms. The van der Waals surface area contributed by atoms with E-state index in [1.807, 2.05) is 24.3 Å². The molecule has 112 valence electrons. The number of benzene rings is 2. The van der Waals surface area contributed by atoms with Gasteiger partial charge in [-0.2, -0.15) is 0 Å². The van der Waals surface area contributed by atoms with Crippen molar-refractivity contribution in [1.29, 1.82) is 0 Å². The van der Waals surface area contributed by atoms with Crippen molar-refractivity contribution in [3.8, 4) is 0 Å². The number of hydrogen-bond acceptors (Lipinski definition) is 1. The Labute approximate surface area is 144 Å². The fourth-order valence-electron chi connectivity index (χ4n) is 2.31. The molecule has 1 N–H and O–H groups in total. The number of halogens is 3. The Bertz CT molecular complexity index is 596. The molecule has 0 bridgehead atoms. The maximum atomic E-state index is 6.25. The van der Waals surface area contributed by atoms with Crippen molar-refractivity contribution in [3.05, 3.63) is 68.1 Å². The third kappa shape index (κ3) is 4.72. The summed E-state index contributed by atoms with van der Waals surface area (Å²) in [6, 6.07) is 14.2. The van der Waals surface area contributed by atoms with Crippen molar-refractivity contribution in [1.82, 2.24) is 5.32 Å². The molecule has 0 fully saturated rings. The van der Waals surface area contributed by atoms with Crippen molar-refractivity contribution in [2.75, 3.05) is 0 Å². The van der Waals surface area contributed by atoms with Gasteiger partial charge in [0.2, 0.25) is 0 Å². The van der Waals surface area contributed by atoms with Crippen molar-refractivity contribution in [2.45, 2.75) is 26.4 Å². The van der Waals surface area contributed by atoms with Crippen LogP contribution in [-0.4, -0.2) is 0 Å². The Morgan fingerprint density at radius 3 is 2.33 bits per heavy atom. The first-order valence-corrected chi connectivity index (χ1v) is 8.45. The first-order chi connectivity index (χ1) is 9.97. The summed E-state index contributed by atoms with van der Waals surface area (Å²) in [7, 11) is 0. The van der Waals surface area contributed by atoms with Crippen LogP contribution >= 0.6 is 39.1 Å². The summed E-state index contributed by atoms with van der Waals surface area (Å²) in [6.45, 7) is 5.13. The van der Waals surface area contributed by atoms with Crippen LogP contribution in [0, 0.1) is 5.92 Å². The highest BCUT2D eigenvalue weighted by Crippen LogP contribution is 2.26. The second-order valence-corrected chi connectivity index (χ2v) is 7.15. The van der Waals surface area contributed by atoms with Crippen LogP contribution in [0.1, 0.15) is 31.0 Å². The topological polar surface area (TPSA) is 12.0 Å². The zero-order chi connectivity index (χ0) is 15.4. The van der Waals surface area contributed by atoms with E-state index in [-0.39, 0.29) is 6.04 Å². The Morgan fingerprint density at radius 1 is 1.05 bits per heavy atom. The normalized spacial score (nSPS) is 12.7. The van der Waals surface area contributed by atoms with Gasteiger partial charge in [-0.15, -0.1) is 0 Å². The van der Waals surface area contributed by atoms with Gasteiger partial charge in [0.1, 0.15) is 0 Å². The molecule has 0 aliphatic heterocycles. The standard InChI is InChI=1S/C17H18BrCl2N/c1-11(2)17(12-3-6-15(19)7-4-12)21-10-13-9-14(18)5-8-16(13)20/h3-9,11,17,21H,10H2,1-2H3. The summed E-state index contributed by atoms with van der Waals surface area (Å²) in [5.41, 5.74) is 2.33. The van der Waals surface area contributed by atoms with Gasteiger partial charge >= 0.3 is 0 Å². The van der Waals surface area contributed by atoms with Crippen molar-refractivity contribution in [2.24, 2.45) is 5.92 Å². The van der Waals surface area contributed by atoms with Gasteiger partial charge in [0.15, 0.2) is 0 Å². The van der Waals surface area contributed by atoms with E-state index in [0.717, 1.165) is 26.6 Å². The van der Waals surface area contributed by atoms with E-state index in [1.54, 1.807) is 0 Å². The van der Waals surface area contributed by atoms with Crippen LogP contribution in [0.5, 0.6) is 0 Å². The highest BCUT2D eigenvalue weighted by atomic mass is 79.9.